The molecule has 3 heteroatoms. The van der Waals surface area contributed by atoms with E-state index in [0.717, 1.165) is 16.7 Å². The van der Waals surface area contributed by atoms with E-state index in [0.29, 0.717) is 11.4 Å². The van der Waals surface area contributed by atoms with E-state index < -0.39 is 11.4 Å². The van der Waals surface area contributed by atoms with Crippen LogP contribution in [0.5, 0.6) is 0 Å². The average Bonchev–Trinajstić information content (AvgIpc) is 2.12. The molecule has 0 radical (unpaired) electrons. The van der Waals surface area contributed by atoms with Crippen LogP contribution in [0.3, 0.4) is 0 Å². The second-order valence-corrected chi connectivity index (χ2v) is 5.31. The summed E-state index contributed by atoms with van der Waals surface area (Å²) in [5.41, 5.74) is 2.47. The number of aryl methyl sites for hydroxylation is 1. The number of hydrogen-bond donors (Lipinski definition) is 1. The van der Waals surface area contributed by atoms with E-state index in [2.05, 4.69) is 0 Å². The Balaban J connectivity index is 3.11. The molecule has 0 aliphatic carbocycles. The maximum Gasteiger partial charge on any atom is 0.309 e. The summed E-state index contributed by atoms with van der Waals surface area (Å²) in [4.78, 5) is 11.1. The van der Waals surface area contributed by atoms with Crippen molar-refractivity contribution in [3.05, 3.63) is 33.8 Å². The monoisotopic (exact) mass is 240 g/mol. The summed E-state index contributed by atoms with van der Waals surface area (Å²) in [6, 6.07) is 3.75. The summed E-state index contributed by atoms with van der Waals surface area (Å²) in [6.07, 6.45) is 0.496. The van der Waals surface area contributed by atoms with Gasteiger partial charge in [0.1, 0.15) is 0 Å². The van der Waals surface area contributed by atoms with E-state index in [1.807, 2.05) is 26.0 Å². The Hall–Kier alpha value is -1.02. The summed E-state index contributed by atoms with van der Waals surface area (Å²) >= 11 is 5.98. The SMILES string of the molecule is Cc1cc(Cl)cc(CC(C)(C)C(=O)O)c1C. The molecule has 0 fully saturated rings. The van der Waals surface area contributed by atoms with Gasteiger partial charge in [-0.05, 0) is 62.9 Å². The Kier molecular flexibility index (Phi) is 3.64. The highest BCUT2D eigenvalue weighted by atomic mass is 35.5. The zero-order valence-corrected chi connectivity index (χ0v) is 10.9. The van der Waals surface area contributed by atoms with Crippen LogP contribution in [0, 0.1) is 19.3 Å². The van der Waals surface area contributed by atoms with Crippen molar-refractivity contribution in [2.75, 3.05) is 0 Å². The van der Waals surface area contributed by atoms with Crippen molar-refractivity contribution < 1.29 is 9.90 Å². The van der Waals surface area contributed by atoms with Gasteiger partial charge < -0.3 is 5.11 Å². The molecule has 88 valence electrons. The first-order chi connectivity index (χ1) is 7.24. The third-order valence-electron chi connectivity index (χ3n) is 2.95. The first-order valence-corrected chi connectivity index (χ1v) is 5.61. The zero-order valence-electron chi connectivity index (χ0n) is 10.1. The van der Waals surface area contributed by atoms with Crippen LogP contribution in [0.15, 0.2) is 12.1 Å². The fourth-order valence-corrected chi connectivity index (χ4v) is 1.92. The molecule has 0 aliphatic rings. The molecule has 0 saturated carbocycles. The van der Waals surface area contributed by atoms with E-state index in [-0.39, 0.29) is 0 Å². The quantitative estimate of drug-likeness (QED) is 0.876. The molecule has 0 saturated heterocycles. The van der Waals surface area contributed by atoms with E-state index in [9.17, 15) is 4.79 Å². The molecule has 0 heterocycles. The van der Waals surface area contributed by atoms with Crippen molar-refractivity contribution >= 4 is 17.6 Å². The molecule has 0 bridgehead atoms. The van der Waals surface area contributed by atoms with Crippen molar-refractivity contribution in [1.82, 2.24) is 0 Å². The van der Waals surface area contributed by atoms with Gasteiger partial charge in [-0.1, -0.05) is 11.6 Å². The average molecular weight is 241 g/mol. The lowest BCUT2D eigenvalue weighted by Crippen LogP contribution is -2.26. The van der Waals surface area contributed by atoms with Crippen LogP contribution in [0.4, 0.5) is 0 Å². The van der Waals surface area contributed by atoms with Gasteiger partial charge in [0.25, 0.3) is 0 Å². The van der Waals surface area contributed by atoms with Crippen molar-refractivity contribution in [1.29, 1.82) is 0 Å². The van der Waals surface area contributed by atoms with Crippen LogP contribution in [0.2, 0.25) is 5.02 Å². The van der Waals surface area contributed by atoms with Gasteiger partial charge in [0.15, 0.2) is 0 Å². The normalized spacial score (nSPS) is 11.6. The molecule has 2 nitrogen and oxygen atoms in total. The molecule has 0 amide bonds. The number of hydrogen-bond acceptors (Lipinski definition) is 1. The molecule has 0 spiro atoms. The van der Waals surface area contributed by atoms with E-state index >= 15 is 0 Å². The molecule has 16 heavy (non-hydrogen) atoms. The van der Waals surface area contributed by atoms with E-state index in [1.165, 1.54) is 0 Å². The summed E-state index contributed by atoms with van der Waals surface area (Å²) in [5.74, 6) is -0.787. The fraction of sp³-hybridized carbons (Fsp3) is 0.462. The minimum absolute atomic E-state index is 0.496. The van der Waals surface area contributed by atoms with Gasteiger partial charge in [-0.15, -0.1) is 0 Å². The van der Waals surface area contributed by atoms with Crippen molar-refractivity contribution in [3.8, 4) is 0 Å². The number of carboxylic acids is 1. The predicted octanol–water partition coefficient (Wildman–Crippen LogP) is 3.61. The Bertz CT molecular complexity index is 422. The standard InChI is InChI=1S/C13H17ClO2/c1-8-5-11(14)6-10(9(8)2)7-13(3,4)12(15)16/h5-6H,7H2,1-4H3,(H,15,16). The Morgan fingerprint density at radius 2 is 1.94 bits per heavy atom. The van der Waals surface area contributed by atoms with Crippen LogP contribution in [-0.2, 0) is 11.2 Å². The number of benzene rings is 1. The third kappa shape index (κ3) is 2.76. The topological polar surface area (TPSA) is 37.3 Å². The second-order valence-electron chi connectivity index (χ2n) is 4.87. The number of halogens is 1. The minimum atomic E-state index is -0.787. The number of aliphatic carboxylic acids is 1. The van der Waals surface area contributed by atoms with Crippen LogP contribution in [-0.4, -0.2) is 11.1 Å². The lowest BCUT2D eigenvalue weighted by molar-refractivity contribution is -0.146. The first-order valence-electron chi connectivity index (χ1n) is 5.23. The summed E-state index contributed by atoms with van der Waals surface area (Å²) in [6.45, 7) is 7.44. The highest BCUT2D eigenvalue weighted by Crippen LogP contribution is 2.27. The maximum atomic E-state index is 11.1. The largest absolute Gasteiger partial charge is 0.481 e. The molecule has 0 aliphatic heterocycles. The van der Waals surface area contributed by atoms with Gasteiger partial charge in [0.05, 0.1) is 5.41 Å². The van der Waals surface area contributed by atoms with Crippen molar-refractivity contribution in [3.63, 3.8) is 0 Å². The fourth-order valence-electron chi connectivity index (χ4n) is 1.62. The van der Waals surface area contributed by atoms with Crippen molar-refractivity contribution in [2.24, 2.45) is 5.41 Å². The maximum absolute atomic E-state index is 11.1. The van der Waals surface area contributed by atoms with Crippen LogP contribution in [0.1, 0.15) is 30.5 Å². The smallest absolute Gasteiger partial charge is 0.309 e. The summed E-state index contributed by atoms with van der Waals surface area (Å²) in [7, 11) is 0. The van der Waals surface area contributed by atoms with Gasteiger partial charge in [0, 0.05) is 5.02 Å². The number of carbonyl (C=O) groups is 1. The molecule has 1 N–H and O–H groups in total. The van der Waals surface area contributed by atoms with E-state index in [1.54, 1.807) is 13.8 Å². The second kappa shape index (κ2) is 4.46. The summed E-state index contributed by atoms with van der Waals surface area (Å²) < 4.78 is 0. The summed E-state index contributed by atoms with van der Waals surface area (Å²) in [5, 5.41) is 9.77. The minimum Gasteiger partial charge on any atom is -0.481 e. The third-order valence-corrected chi connectivity index (χ3v) is 3.17. The molecule has 1 rings (SSSR count). The lowest BCUT2D eigenvalue weighted by Gasteiger charge is -2.21. The molecular formula is C13H17ClO2. The highest BCUT2D eigenvalue weighted by molar-refractivity contribution is 6.30. The Labute approximate surface area is 101 Å². The van der Waals surface area contributed by atoms with Crippen LogP contribution < -0.4 is 0 Å². The molecule has 1 aromatic carbocycles. The molecule has 0 atom stereocenters. The number of carboxylic acid groups (broad SMARTS) is 1. The molecule has 0 aromatic heterocycles. The van der Waals surface area contributed by atoms with Gasteiger partial charge in [-0.3, -0.25) is 4.79 Å². The first kappa shape index (κ1) is 13.0. The Morgan fingerprint density at radius 1 is 1.38 bits per heavy atom. The predicted molar refractivity (Wildman–Crippen MR) is 66.0 cm³/mol. The van der Waals surface area contributed by atoms with Gasteiger partial charge in [-0.2, -0.15) is 0 Å². The van der Waals surface area contributed by atoms with Crippen LogP contribution >= 0.6 is 11.6 Å². The molecular weight excluding hydrogens is 224 g/mol. The Morgan fingerprint density at radius 3 is 2.44 bits per heavy atom. The number of rotatable bonds is 3. The zero-order chi connectivity index (χ0) is 12.5. The highest BCUT2D eigenvalue weighted by Gasteiger charge is 2.28. The van der Waals surface area contributed by atoms with E-state index in [4.69, 9.17) is 16.7 Å². The molecule has 1 aromatic rings. The lowest BCUT2D eigenvalue weighted by atomic mass is 9.84. The van der Waals surface area contributed by atoms with Crippen molar-refractivity contribution in [2.45, 2.75) is 34.1 Å². The van der Waals surface area contributed by atoms with Gasteiger partial charge in [0.2, 0.25) is 0 Å². The van der Waals surface area contributed by atoms with Gasteiger partial charge >= 0.3 is 5.97 Å². The molecule has 0 unspecified atom stereocenters. The van der Waals surface area contributed by atoms with Gasteiger partial charge in [-0.25, -0.2) is 0 Å². The van der Waals surface area contributed by atoms with Crippen LogP contribution in [0.25, 0.3) is 0 Å².